The van der Waals surface area contributed by atoms with E-state index in [0.29, 0.717) is 0 Å². The largest absolute Gasteiger partial charge is 0.481 e. The Morgan fingerprint density at radius 3 is 2.20 bits per heavy atom. The lowest BCUT2D eigenvalue weighted by atomic mass is 9.74. The molecule has 0 fully saturated rings. The van der Waals surface area contributed by atoms with Gasteiger partial charge in [0.25, 0.3) is 0 Å². The van der Waals surface area contributed by atoms with Gasteiger partial charge in [0, 0.05) is 5.41 Å². The lowest BCUT2D eigenvalue weighted by Gasteiger charge is -2.38. The molecule has 1 atom stereocenters. The highest BCUT2D eigenvalue weighted by atomic mass is 32.2. The van der Waals surface area contributed by atoms with Crippen molar-refractivity contribution < 1.29 is 23.1 Å². The summed E-state index contributed by atoms with van der Waals surface area (Å²) in [5.41, 5.74) is -2.19. The lowest BCUT2D eigenvalue weighted by molar-refractivity contribution is -0.150. The van der Waals surface area contributed by atoms with Crippen LogP contribution in [0.4, 0.5) is 4.79 Å². The number of carboxylic acids is 1. The average molecular weight is 304 g/mol. The van der Waals surface area contributed by atoms with Crippen LogP contribution in [0.2, 0.25) is 0 Å². The zero-order valence-electron chi connectivity index (χ0n) is 11.9. The van der Waals surface area contributed by atoms with E-state index in [1.54, 1.807) is 13.8 Å². The number of sulfone groups is 1. The number of hydrogen-bond donors (Lipinski definition) is 3. The van der Waals surface area contributed by atoms with E-state index in [9.17, 15) is 23.1 Å². The van der Waals surface area contributed by atoms with Crippen LogP contribution in [-0.2, 0) is 14.6 Å². The second-order valence-electron chi connectivity index (χ2n) is 5.92. The zero-order chi connectivity index (χ0) is 15.8. The van der Waals surface area contributed by atoms with Crippen LogP contribution in [0.1, 0.15) is 27.7 Å². The van der Waals surface area contributed by atoms with Gasteiger partial charge in [-0.25, -0.2) is 13.2 Å². The van der Waals surface area contributed by atoms with Gasteiger partial charge >= 0.3 is 12.0 Å². The minimum atomic E-state index is -3.24. The molecule has 0 aromatic carbocycles. The number of rotatable bonds is 4. The molecular formula is C12H20N2O5S. The average Bonchev–Trinajstić information content (AvgIpc) is 2.56. The molecule has 1 aliphatic heterocycles. The molecule has 0 aromatic rings. The molecule has 0 radical (unpaired) electrons. The Morgan fingerprint density at radius 1 is 1.25 bits per heavy atom. The summed E-state index contributed by atoms with van der Waals surface area (Å²) in [7, 11) is -3.24. The molecule has 7 nitrogen and oxygen atoms in total. The fraction of sp³-hybridized carbons (Fsp3) is 0.667. The predicted molar refractivity (Wildman–Crippen MR) is 73.9 cm³/mol. The van der Waals surface area contributed by atoms with Crippen LogP contribution < -0.4 is 10.6 Å². The van der Waals surface area contributed by atoms with Gasteiger partial charge in [0.15, 0.2) is 9.84 Å². The van der Waals surface area contributed by atoms with E-state index >= 15 is 0 Å². The maximum absolute atomic E-state index is 11.9. The fourth-order valence-electron chi connectivity index (χ4n) is 1.58. The predicted octanol–water partition coefficient (Wildman–Crippen LogP) is 0.486. The highest BCUT2D eigenvalue weighted by Crippen LogP contribution is 2.30. The van der Waals surface area contributed by atoms with Gasteiger partial charge in [-0.05, 0) is 33.8 Å². The van der Waals surface area contributed by atoms with Crippen molar-refractivity contribution >= 4 is 21.8 Å². The van der Waals surface area contributed by atoms with Crippen LogP contribution >= 0.6 is 0 Å². The summed E-state index contributed by atoms with van der Waals surface area (Å²) >= 11 is 0. The summed E-state index contributed by atoms with van der Waals surface area (Å²) in [6, 6.07) is -1.19. The van der Waals surface area contributed by atoms with E-state index in [0.717, 1.165) is 5.41 Å². The highest BCUT2D eigenvalue weighted by Gasteiger charge is 2.44. The Bertz CT molecular complexity index is 548. The number of urea groups is 1. The Labute approximate surface area is 118 Å². The molecule has 8 heteroatoms. The first kappa shape index (κ1) is 16.5. The van der Waals surface area contributed by atoms with E-state index in [2.05, 4.69) is 10.6 Å². The van der Waals surface area contributed by atoms with Gasteiger partial charge in [-0.3, -0.25) is 4.79 Å². The van der Waals surface area contributed by atoms with E-state index in [1.807, 2.05) is 0 Å². The third-order valence-electron chi connectivity index (χ3n) is 3.77. The number of carboxylic acid groups (broad SMARTS) is 1. The minimum Gasteiger partial charge on any atom is -0.481 e. The minimum absolute atomic E-state index is 0.177. The maximum atomic E-state index is 11.9. The molecule has 1 heterocycles. The van der Waals surface area contributed by atoms with Gasteiger partial charge in [0.2, 0.25) is 0 Å². The van der Waals surface area contributed by atoms with Crippen LogP contribution in [0.25, 0.3) is 0 Å². The monoisotopic (exact) mass is 304 g/mol. The molecule has 0 aliphatic carbocycles. The van der Waals surface area contributed by atoms with Crippen molar-refractivity contribution in [3.8, 4) is 0 Å². The van der Waals surface area contributed by atoms with Gasteiger partial charge in [-0.1, -0.05) is 0 Å². The molecular weight excluding hydrogens is 284 g/mol. The highest BCUT2D eigenvalue weighted by molar-refractivity contribution is 7.94. The smallest absolute Gasteiger partial charge is 0.315 e. The Hall–Kier alpha value is -1.57. The van der Waals surface area contributed by atoms with Crippen molar-refractivity contribution in [3.05, 3.63) is 11.5 Å². The summed E-state index contributed by atoms with van der Waals surface area (Å²) < 4.78 is 22.4. The SMILES string of the molecule is CC(C)(NC(=O)NC1C=CS(=O)(=O)C1)C(C)(C)C(=O)O. The van der Waals surface area contributed by atoms with Gasteiger partial charge in [0.05, 0.1) is 22.7 Å². The van der Waals surface area contributed by atoms with Crippen LogP contribution in [0.5, 0.6) is 0 Å². The quantitative estimate of drug-likeness (QED) is 0.699. The molecule has 1 unspecified atom stereocenters. The summed E-state index contributed by atoms with van der Waals surface area (Å²) in [5.74, 6) is -1.21. The number of carbonyl (C=O) groups is 2. The number of carbonyl (C=O) groups excluding carboxylic acids is 1. The lowest BCUT2D eigenvalue weighted by Crippen LogP contribution is -2.60. The molecule has 20 heavy (non-hydrogen) atoms. The maximum Gasteiger partial charge on any atom is 0.315 e. The second-order valence-corrected chi connectivity index (χ2v) is 7.85. The first-order chi connectivity index (χ1) is 8.87. The first-order valence-electron chi connectivity index (χ1n) is 6.10. The van der Waals surface area contributed by atoms with Crippen molar-refractivity contribution in [2.24, 2.45) is 5.41 Å². The summed E-state index contributed by atoms with van der Waals surface area (Å²) in [6.07, 6.45) is 1.39. The summed E-state index contributed by atoms with van der Waals surface area (Å²) in [4.78, 5) is 23.1. The number of hydrogen-bond acceptors (Lipinski definition) is 4. The van der Waals surface area contributed by atoms with Gasteiger partial charge in [0.1, 0.15) is 0 Å². The molecule has 1 aliphatic rings. The molecule has 0 saturated heterocycles. The Morgan fingerprint density at radius 2 is 1.80 bits per heavy atom. The Balaban J connectivity index is 2.68. The summed E-state index contributed by atoms with van der Waals surface area (Å²) in [5, 5.41) is 15.3. The molecule has 2 amide bonds. The standard InChI is InChI=1S/C12H20N2O5S/c1-11(2,9(15)16)12(3,4)14-10(17)13-8-5-6-20(18,19)7-8/h5-6,8H,7H2,1-4H3,(H,15,16)(H2,13,14,17). The van der Waals surface area contributed by atoms with E-state index < -0.39 is 38.8 Å². The van der Waals surface area contributed by atoms with Crippen LogP contribution in [-0.4, -0.2) is 42.9 Å². The molecule has 3 N–H and O–H groups in total. The van der Waals surface area contributed by atoms with Gasteiger partial charge in [-0.2, -0.15) is 0 Å². The topological polar surface area (TPSA) is 113 Å². The molecule has 0 spiro atoms. The third-order valence-corrected chi connectivity index (χ3v) is 5.17. The zero-order valence-corrected chi connectivity index (χ0v) is 12.7. The molecule has 0 saturated carbocycles. The van der Waals surface area contributed by atoms with Crippen molar-refractivity contribution in [1.29, 1.82) is 0 Å². The second kappa shape index (κ2) is 5.08. The van der Waals surface area contributed by atoms with Crippen molar-refractivity contribution in [1.82, 2.24) is 10.6 Å². The van der Waals surface area contributed by atoms with Crippen LogP contribution in [0, 0.1) is 5.41 Å². The molecule has 0 bridgehead atoms. The third kappa shape index (κ3) is 3.50. The molecule has 1 rings (SSSR count). The number of aliphatic carboxylic acids is 1. The van der Waals surface area contributed by atoms with Crippen LogP contribution in [0.15, 0.2) is 11.5 Å². The number of nitrogens with one attached hydrogen (secondary N) is 2. The van der Waals surface area contributed by atoms with E-state index in [-0.39, 0.29) is 5.75 Å². The van der Waals surface area contributed by atoms with E-state index in [4.69, 9.17) is 0 Å². The normalized spacial score (nSPS) is 21.5. The van der Waals surface area contributed by atoms with Crippen molar-refractivity contribution in [3.63, 3.8) is 0 Å². The first-order valence-corrected chi connectivity index (χ1v) is 7.82. The molecule has 0 aromatic heterocycles. The molecule has 114 valence electrons. The van der Waals surface area contributed by atoms with Gasteiger partial charge in [-0.15, -0.1) is 0 Å². The Kier molecular flexibility index (Phi) is 4.19. The van der Waals surface area contributed by atoms with Crippen molar-refractivity contribution in [2.75, 3.05) is 5.75 Å². The van der Waals surface area contributed by atoms with Gasteiger partial charge < -0.3 is 15.7 Å². The van der Waals surface area contributed by atoms with Crippen LogP contribution in [0.3, 0.4) is 0 Å². The number of amides is 2. The fourth-order valence-corrected chi connectivity index (χ4v) is 2.81. The van der Waals surface area contributed by atoms with E-state index in [1.165, 1.54) is 19.9 Å². The van der Waals surface area contributed by atoms with Crippen molar-refractivity contribution in [2.45, 2.75) is 39.3 Å². The summed E-state index contributed by atoms with van der Waals surface area (Å²) in [6.45, 7) is 6.22.